The van der Waals surface area contributed by atoms with Gasteiger partial charge in [-0.2, -0.15) is 0 Å². The maximum Gasteiger partial charge on any atom is 0.246 e. The van der Waals surface area contributed by atoms with Crippen molar-refractivity contribution < 1.29 is 14.6 Å². The number of benzene rings is 2. The number of rotatable bonds is 3. The molecule has 33 heavy (non-hydrogen) atoms. The van der Waals surface area contributed by atoms with E-state index in [-0.39, 0.29) is 29.2 Å². The number of amides is 1. The van der Waals surface area contributed by atoms with Crippen molar-refractivity contribution in [2.75, 3.05) is 20.6 Å². The van der Waals surface area contributed by atoms with Crippen LogP contribution in [0.5, 0.6) is 11.5 Å². The second kappa shape index (κ2) is 7.36. The van der Waals surface area contributed by atoms with Crippen molar-refractivity contribution in [2.45, 2.75) is 56.2 Å². The SMILES string of the molecule is Cc1cccc(C=CC(=O)N(C)[C@H]2CC[C@H]3[C@H]4Cc5ccc(O)c6c5[C@@]3(CCN4C)[C@H]2O6)c1. The Bertz CT molecular complexity index is 1160. The van der Waals surface area contributed by atoms with E-state index < -0.39 is 0 Å². The number of carbonyl (C=O) groups is 1. The zero-order chi connectivity index (χ0) is 22.9. The highest BCUT2D eigenvalue weighted by Gasteiger charge is 2.66. The average molecular weight is 445 g/mol. The molecular weight excluding hydrogens is 412 g/mol. The Morgan fingerprint density at radius 2 is 2.12 bits per heavy atom. The Morgan fingerprint density at radius 1 is 1.27 bits per heavy atom. The Morgan fingerprint density at radius 3 is 2.94 bits per heavy atom. The number of ether oxygens (including phenoxy) is 1. The van der Waals surface area contributed by atoms with Crippen molar-refractivity contribution in [1.82, 2.24) is 9.80 Å². The highest BCUT2D eigenvalue weighted by molar-refractivity contribution is 5.92. The Hall–Kier alpha value is -2.79. The molecule has 2 aliphatic carbocycles. The number of hydrogen-bond acceptors (Lipinski definition) is 4. The van der Waals surface area contributed by atoms with Crippen LogP contribution in [0.25, 0.3) is 6.08 Å². The lowest BCUT2D eigenvalue weighted by molar-refractivity contribution is -0.134. The van der Waals surface area contributed by atoms with Crippen molar-refractivity contribution >= 4 is 12.0 Å². The second-order valence-electron chi connectivity index (χ2n) is 10.5. The third-order valence-corrected chi connectivity index (χ3v) is 8.87. The average Bonchev–Trinajstić information content (AvgIpc) is 3.16. The first-order chi connectivity index (χ1) is 15.9. The fraction of sp³-hybridized carbons (Fsp3) is 0.464. The normalized spacial score (nSPS) is 31.8. The highest BCUT2D eigenvalue weighted by atomic mass is 16.5. The summed E-state index contributed by atoms with van der Waals surface area (Å²) in [4.78, 5) is 17.6. The molecule has 2 aromatic rings. The van der Waals surface area contributed by atoms with Crippen LogP contribution in [0.2, 0.25) is 0 Å². The molecule has 0 unspecified atom stereocenters. The fourth-order valence-corrected chi connectivity index (χ4v) is 7.33. The molecule has 2 bridgehead atoms. The van der Waals surface area contributed by atoms with Crippen LogP contribution in [0.15, 0.2) is 42.5 Å². The number of aryl methyl sites for hydroxylation is 1. The minimum Gasteiger partial charge on any atom is -0.504 e. The predicted octanol–water partition coefficient (Wildman–Crippen LogP) is 3.91. The third-order valence-electron chi connectivity index (χ3n) is 8.87. The first-order valence-corrected chi connectivity index (χ1v) is 12.1. The van der Waals surface area contributed by atoms with E-state index in [0.717, 1.165) is 37.8 Å². The first-order valence-electron chi connectivity index (χ1n) is 12.1. The third kappa shape index (κ3) is 2.91. The van der Waals surface area contributed by atoms with E-state index in [2.05, 4.69) is 37.1 Å². The number of piperidine rings is 1. The van der Waals surface area contributed by atoms with E-state index in [1.54, 1.807) is 12.1 Å². The molecule has 2 aliphatic heterocycles. The summed E-state index contributed by atoms with van der Waals surface area (Å²) in [5.41, 5.74) is 4.65. The molecule has 1 saturated heterocycles. The van der Waals surface area contributed by atoms with Gasteiger partial charge in [0.1, 0.15) is 6.10 Å². The molecular formula is C28H32N2O3. The summed E-state index contributed by atoms with van der Waals surface area (Å²) in [6, 6.07) is 12.5. The summed E-state index contributed by atoms with van der Waals surface area (Å²) >= 11 is 0. The van der Waals surface area contributed by atoms with Gasteiger partial charge in [0, 0.05) is 30.1 Å². The standard InChI is InChI=1S/C28H32N2O3/c1-17-5-4-6-18(15-17)7-12-24(32)30(3)21-10-9-20-22-16-19-8-11-23(31)26-25(19)28(20,27(21)33-26)13-14-29(22)2/h4-8,11-12,15,20-22,27,31H,9-10,13-14,16H2,1-3H3/t20-,21-,22+,27-,28-/m0/s1. The van der Waals surface area contributed by atoms with Crippen LogP contribution in [0.1, 0.15) is 41.5 Å². The predicted molar refractivity (Wildman–Crippen MR) is 128 cm³/mol. The van der Waals surface area contributed by atoms with E-state index in [4.69, 9.17) is 4.74 Å². The maximum atomic E-state index is 13.2. The summed E-state index contributed by atoms with van der Waals surface area (Å²) < 4.78 is 6.62. The molecule has 4 aliphatic rings. The van der Waals surface area contributed by atoms with Gasteiger partial charge in [-0.1, -0.05) is 35.9 Å². The second-order valence-corrected chi connectivity index (χ2v) is 10.5. The molecule has 172 valence electrons. The van der Waals surface area contributed by atoms with E-state index in [1.165, 1.54) is 16.7 Å². The molecule has 2 heterocycles. The van der Waals surface area contributed by atoms with Crippen molar-refractivity contribution in [2.24, 2.45) is 5.92 Å². The monoisotopic (exact) mass is 444 g/mol. The van der Waals surface area contributed by atoms with Gasteiger partial charge in [-0.15, -0.1) is 0 Å². The largest absolute Gasteiger partial charge is 0.504 e. The van der Waals surface area contributed by atoms with Gasteiger partial charge < -0.3 is 19.6 Å². The lowest BCUT2D eigenvalue weighted by Crippen LogP contribution is -2.68. The Balaban J connectivity index is 1.35. The smallest absolute Gasteiger partial charge is 0.246 e. The maximum absolute atomic E-state index is 13.2. The summed E-state index contributed by atoms with van der Waals surface area (Å²) in [5, 5.41) is 10.7. The molecule has 6 rings (SSSR count). The minimum absolute atomic E-state index is 0.000597. The van der Waals surface area contributed by atoms with Crippen molar-refractivity contribution in [3.05, 3.63) is 64.7 Å². The number of likely N-dealkylation sites (N-methyl/N-ethyl adjacent to an activating group) is 2. The highest BCUT2D eigenvalue weighted by Crippen LogP contribution is 2.64. The van der Waals surface area contributed by atoms with E-state index in [0.29, 0.717) is 17.7 Å². The summed E-state index contributed by atoms with van der Waals surface area (Å²) in [6.07, 6.45) is 7.49. The first kappa shape index (κ1) is 20.8. The molecule has 2 aromatic carbocycles. The van der Waals surface area contributed by atoms with Crippen LogP contribution in [0.4, 0.5) is 0 Å². The summed E-state index contributed by atoms with van der Waals surface area (Å²) in [6.45, 7) is 3.08. The van der Waals surface area contributed by atoms with E-state index in [9.17, 15) is 9.90 Å². The van der Waals surface area contributed by atoms with E-state index in [1.807, 2.05) is 30.2 Å². The number of hydrogen-bond donors (Lipinski definition) is 1. The van der Waals surface area contributed by atoms with Crippen LogP contribution < -0.4 is 4.74 Å². The molecule has 1 N–H and O–H groups in total. The number of carbonyl (C=O) groups excluding carboxylic acids is 1. The van der Waals surface area contributed by atoms with Gasteiger partial charge in [0.25, 0.3) is 0 Å². The van der Waals surface area contributed by atoms with Crippen LogP contribution in [-0.4, -0.2) is 59.6 Å². The van der Waals surface area contributed by atoms with Gasteiger partial charge in [0.2, 0.25) is 5.91 Å². The lowest BCUT2D eigenvalue weighted by Gasteiger charge is -2.59. The quantitative estimate of drug-likeness (QED) is 0.730. The van der Waals surface area contributed by atoms with Crippen molar-refractivity contribution in [3.8, 4) is 11.5 Å². The molecule has 5 heteroatoms. The van der Waals surface area contributed by atoms with Gasteiger partial charge in [0.15, 0.2) is 11.5 Å². The van der Waals surface area contributed by atoms with Gasteiger partial charge >= 0.3 is 0 Å². The number of aromatic hydroxyl groups is 1. The topological polar surface area (TPSA) is 53.0 Å². The molecule has 1 amide bonds. The Labute approximate surface area is 195 Å². The number of phenols is 1. The molecule has 5 nitrogen and oxygen atoms in total. The molecule has 2 fully saturated rings. The zero-order valence-corrected chi connectivity index (χ0v) is 19.6. The van der Waals surface area contributed by atoms with Crippen LogP contribution in [-0.2, 0) is 16.6 Å². The molecule has 0 aromatic heterocycles. The molecule has 1 saturated carbocycles. The van der Waals surface area contributed by atoms with Crippen LogP contribution in [0.3, 0.4) is 0 Å². The van der Waals surface area contributed by atoms with Gasteiger partial charge in [-0.05, 0) is 75.4 Å². The molecule has 5 atom stereocenters. The molecule has 0 radical (unpaired) electrons. The lowest BCUT2D eigenvalue weighted by atomic mass is 9.51. The van der Waals surface area contributed by atoms with Crippen molar-refractivity contribution in [1.29, 1.82) is 0 Å². The van der Waals surface area contributed by atoms with Gasteiger partial charge in [-0.3, -0.25) is 4.79 Å². The molecule has 1 spiro atoms. The number of likely N-dealkylation sites (tertiary alicyclic amines) is 1. The summed E-state index contributed by atoms with van der Waals surface area (Å²) in [7, 11) is 4.15. The summed E-state index contributed by atoms with van der Waals surface area (Å²) in [5.74, 6) is 1.41. The van der Waals surface area contributed by atoms with Gasteiger partial charge in [0.05, 0.1) is 6.04 Å². The van der Waals surface area contributed by atoms with Crippen molar-refractivity contribution in [3.63, 3.8) is 0 Å². The number of phenolic OH excluding ortho intramolecular Hbond substituents is 1. The van der Waals surface area contributed by atoms with Crippen LogP contribution in [0, 0.1) is 12.8 Å². The minimum atomic E-state index is -0.115. The van der Waals surface area contributed by atoms with Crippen LogP contribution >= 0.6 is 0 Å². The fourth-order valence-electron chi connectivity index (χ4n) is 7.33. The van der Waals surface area contributed by atoms with Gasteiger partial charge in [-0.25, -0.2) is 0 Å². The Kier molecular flexibility index (Phi) is 4.64. The van der Waals surface area contributed by atoms with E-state index >= 15 is 0 Å². The zero-order valence-electron chi connectivity index (χ0n) is 19.6. The number of nitrogens with zero attached hydrogens (tertiary/aromatic N) is 2.